The second-order valence-electron chi connectivity index (χ2n) is 11.2. The number of hydrogen-bond acceptors (Lipinski definition) is 9. The number of aliphatic hydroxyl groups is 1. The van der Waals surface area contributed by atoms with Crippen LogP contribution >= 0.6 is 45.2 Å². The summed E-state index contributed by atoms with van der Waals surface area (Å²) in [5.74, 6) is -3.36. The maximum atomic E-state index is 12.9. The van der Waals surface area contributed by atoms with Crippen LogP contribution in [-0.4, -0.2) is 115 Å². The topological polar surface area (TPSA) is 172 Å². The number of hydrogen-bond donors (Lipinski definition) is 3. The second-order valence-corrected chi connectivity index (χ2v) is 13.6. The number of ether oxygens (including phenoxy) is 2. The van der Waals surface area contributed by atoms with Gasteiger partial charge in [-0.15, -0.1) is 0 Å². The lowest BCUT2D eigenvalue weighted by molar-refractivity contribution is -0.174. The highest BCUT2D eigenvalue weighted by atomic mass is 127. The van der Waals surface area contributed by atoms with Crippen LogP contribution in [0.15, 0.2) is 48.5 Å². The first-order valence-electron chi connectivity index (χ1n) is 15.0. The highest BCUT2D eigenvalue weighted by Gasteiger charge is 2.47. The van der Waals surface area contributed by atoms with Crippen molar-refractivity contribution in [3.63, 3.8) is 0 Å². The molecule has 48 heavy (non-hydrogen) atoms. The summed E-state index contributed by atoms with van der Waals surface area (Å²) in [5.41, 5.74) is -2.69. The van der Waals surface area contributed by atoms with Crippen LogP contribution in [-0.2, 0) is 28.7 Å². The van der Waals surface area contributed by atoms with Crippen molar-refractivity contribution in [3.05, 3.63) is 66.8 Å². The van der Waals surface area contributed by atoms with Gasteiger partial charge in [0.2, 0.25) is 0 Å². The molecule has 0 spiro atoms. The quantitative estimate of drug-likeness (QED) is 0.214. The molecule has 13 nitrogen and oxygen atoms in total. The number of amides is 4. The lowest BCUT2D eigenvalue weighted by atomic mass is 9.92. The van der Waals surface area contributed by atoms with Gasteiger partial charge in [0.1, 0.15) is 13.2 Å². The number of Topliss-reactive ketones (excluding diaryl/α,β-unsaturated/α-hetero) is 2. The number of nitrogens with zero attached hydrogens (tertiary/aromatic N) is 2. The van der Waals surface area contributed by atoms with E-state index >= 15 is 0 Å². The molecule has 262 valence electrons. The Labute approximate surface area is 307 Å². The van der Waals surface area contributed by atoms with Gasteiger partial charge in [0.25, 0.3) is 23.6 Å². The number of ketones is 2. The molecule has 1 unspecified atom stereocenters. The minimum Gasteiger partial charge on any atom is -0.388 e. The van der Waals surface area contributed by atoms with Crippen molar-refractivity contribution < 1.29 is 43.3 Å². The number of carbonyl (C=O) groups is 6. The van der Waals surface area contributed by atoms with Crippen LogP contribution in [0.1, 0.15) is 53.8 Å². The first-order valence-corrected chi connectivity index (χ1v) is 17.2. The summed E-state index contributed by atoms with van der Waals surface area (Å²) in [4.78, 5) is 77.0. The molecule has 0 radical (unpaired) electrons. The molecule has 1 saturated heterocycles. The molecule has 1 aliphatic heterocycles. The fraction of sp³-hybridized carbons (Fsp3) is 0.455. The molecule has 2 aromatic rings. The van der Waals surface area contributed by atoms with Gasteiger partial charge in [0.05, 0.1) is 0 Å². The molecule has 0 aliphatic carbocycles. The maximum absolute atomic E-state index is 12.9. The van der Waals surface area contributed by atoms with Gasteiger partial charge >= 0.3 is 0 Å². The Kier molecular flexibility index (Phi) is 16.0. The highest BCUT2D eigenvalue weighted by molar-refractivity contribution is 14.1. The molecule has 3 N–H and O–H groups in total. The highest BCUT2D eigenvalue weighted by Crippen LogP contribution is 2.22. The van der Waals surface area contributed by atoms with E-state index in [-0.39, 0.29) is 6.61 Å². The van der Waals surface area contributed by atoms with Crippen molar-refractivity contribution >= 4 is 80.4 Å². The Hall–Kier alpha value is -3.00. The normalized spacial score (nSPS) is 16.5. The predicted molar refractivity (Wildman–Crippen MR) is 194 cm³/mol. The largest absolute Gasteiger partial charge is 0.388 e. The van der Waals surface area contributed by atoms with E-state index in [9.17, 15) is 28.8 Å². The Morgan fingerprint density at radius 1 is 0.792 bits per heavy atom. The standard InChI is InChI=1S/C19H25IN2O5.C14H17IN2O4/c1-19(18(25)21-2,15(23)12-27-16-6-4-5-11-26-16)22(3)17(24)13-7-9-14(20)10-8-13;1-14(11(19)8-18,13(21)16-2)17(3)12(20)9-4-6-10(15)7-5-9/h7-10,16H,4-6,11-12H2,1-3H3,(H,21,25);4-7,18H,8H2,1-3H3,(H,16,21)/t16?,19-;14-/m11/s1. The Bertz CT molecular complexity index is 1450. The molecule has 3 atom stereocenters. The number of rotatable bonds is 12. The average Bonchev–Trinajstić information content (AvgIpc) is 3.11. The van der Waals surface area contributed by atoms with Crippen LogP contribution in [0.4, 0.5) is 0 Å². The third kappa shape index (κ3) is 9.79. The lowest BCUT2D eigenvalue weighted by Gasteiger charge is -2.36. The van der Waals surface area contributed by atoms with E-state index in [1.165, 1.54) is 46.9 Å². The van der Waals surface area contributed by atoms with E-state index in [1.807, 2.05) is 0 Å². The number of benzene rings is 2. The van der Waals surface area contributed by atoms with E-state index in [0.29, 0.717) is 24.2 Å². The molecular formula is C33H42I2N4O9. The molecule has 1 fully saturated rings. The van der Waals surface area contributed by atoms with Crippen molar-refractivity contribution in [1.29, 1.82) is 0 Å². The number of likely N-dealkylation sites (N-methyl/N-ethyl adjacent to an activating group) is 4. The van der Waals surface area contributed by atoms with Gasteiger partial charge in [-0.1, -0.05) is 0 Å². The molecule has 15 heteroatoms. The summed E-state index contributed by atoms with van der Waals surface area (Å²) in [6.45, 7) is 2.21. The van der Waals surface area contributed by atoms with Crippen molar-refractivity contribution in [3.8, 4) is 0 Å². The zero-order chi connectivity index (χ0) is 36.2. The molecule has 1 heterocycles. The second kappa shape index (κ2) is 18.7. The monoisotopic (exact) mass is 892 g/mol. The summed E-state index contributed by atoms with van der Waals surface area (Å²) in [6.07, 6.45) is 2.20. The van der Waals surface area contributed by atoms with Crippen LogP contribution < -0.4 is 10.6 Å². The SMILES string of the molecule is CNC(=O)[C@@](C)(C(=O)CO)N(C)C(=O)c1ccc(I)cc1.CNC(=O)[C@@](C)(C(=O)COC1CCCCO1)N(C)C(=O)c1ccc(I)cc1. The molecule has 4 amide bonds. The zero-order valence-corrected chi connectivity index (χ0v) is 32.1. The van der Waals surface area contributed by atoms with Crippen LogP contribution in [0.2, 0.25) is 0 Å². The predicted octanol–water partition coefficient (Wildman–Crippen LogP) is 2.41. The molecule has 0 aromatic heterocycles. The Morgan fingerprint density at radius 3 is 1.56 bits per heavy atom. The molecule has 1 aliphatic rings. The summed E-state index contributed by atoms with van der Waals surface area (Å²) in [6, 6.07) is 13.7. The fourth-order valence-corrected chi connectivity index (χ4v) is 5.42. The number of aliphatic hydroxyl groups excluding tert-OH is 1. The van der Waals surface area contributed by atoms with Crippen molar-refractivity contribution in [2.75, 3.05) is 48.0 Å². The smallest absolute Gasteiger partial charge is 0.254 e. The maximum Gasteiger partial charge on any atom is 0.254 e. The zero-order valence-electron chi connectivity index (χ0n) is 27.8. The van der Waals surface area contributed by atoms with Gasteiger partial charge in [-0.05, 0) is 127 Å². The van der Waals surface area contributed by atoms with E-state index < -0.39 is 59.2 Å². The summed E-state index contributed by atoms with van der Waals surface area (Å²) in [5, 5.41) is 13.9. The van der Waals surface area contributed by atoms with Crippen LogP contribution in [0, 0.1) is 7.14 Å². The van der Waals surface area contributed by atoms with E-state index in [1.54, 1.807) is 48.5 Å². The van der Waals surface area contributed by atoms with Gasteiger partial charge in [0.15, 0.2) is 28.9 Å². The van der Waals surface area contributed by atoms with Crippen LogP contribution in [0.25, 0.3) is 0 Å². The fourth-order valence-electron chi connectivity index (χ4n) is 4.70. The van der Waals surface area contributed by atoms with Crippen molar-refractivity contribution in [2.45, 2.75) is 50.5 Å². The Balaban J connectivity index is 0.000000345. The Morgan fingerprint density at radius 2 is 1.21 bits per heavy atom. The van der Waals surface area contributed by atoms with Crippen LogP contribution in [0.5, 0.6) is 0 Å². The summed E-state index contributed by atoms with van der Waals surface area (Å²) < 4.78 is 13.0. The molecule has 3 rings (SSSR count). The molecule has 2 aromatic carbocycles. The van der Waals surface area contributed by atoms with Gasteiger partial charge in [-0.25, -0.2) is 0 Å². The van der Waals surface area contributed by atoms with Crippen LogP contribution in [0.3, 0.4) is 0 Å². The lowest BCUT2D eigenvalue weighted by Crippen LogP contribution is -2.62. The number of halogens is 2. The van der Waals surface area contributed by atoms with E-state index in [4.69, 9.17) is 14.6 Å². The minimum atomic E-state index is -1.76. The van der Waals surface area contributed by atoms with Gasteiger partial charge in [0, 0.05) is 53.1 Å². The third-order valence-electron chi connectivity index (χ3n) is 8.24. The number of carbonyl (C=O) groups excluding carboxylic acids is 6. The molecule has 0 bridgehead atoms. The summed E-state index contributed by atoms with van der Waals surface area (Å²) >= 11 is 4.25. The van der Waals surface area contributed by atoms with Crippen molar-refractivity contribution in [1.82, 2.24) is 20.4 Å². The third-order valence-corrected chi connectivity index (χ3v) is 9.68. The average molecular weight is 893 g/mol. The first kappa shape index (κ1) is 41.2. The van der Waals surface area contributed by atoms with Gasteiger partial charge < -0.3 is 35.0 Å². The van der Waals surface area contributed by atoms with E-state index in [2.05, 4.69) is 55.8 Å². The van der Waals surface area contributed by atoms with Gasteiger partial charge in [-0.3, -0.25) is 28.8 Å². The van der Waals surface area contributed by atoms with Gasteiger partial charge in [-0.2, -0.15) is 0 Å². The molecule has 0 saturated carbocycles. The number of nitrogens with one attached hydrogen (secondary N) is 2. The van der Waals surface area contributed by atoms with Crippen molar-refractivity contribution in [2.24, 2.45) is 0 Å². The molecular weight excluding hydrogens is 850 g/mol. The minimum absolute atomic E-state index is 0.307. The first-order chi connectivity index (χ1) is 22.6. The summed E-state index contributed by atoms with van der Waals surface area (Å²) in [7, 11) is 5.62. The van der Waals surface area contributed by atoms with E-state index in [0.717, 1.165) is 24.9 Å².